The highest BCUT2D eigenvalue weighted by Gasteiger charge is 2.28. The Morgan fingerprint density at radius 1 is 0.914 bits per heavy atom. The third kappa shape index (κ3) is 6.18. The van der Waals surface area contributed by atoms with Crippen molar-refractivity contribution in [3.05, 3.63) is 83.4 Å². The highest BCUT2D eigenvalue weighted by Crippen LogP contribution is 2.32. The average molecular weight is 473 g/mol. The molecule has 2 atom stereocenters. The fourth-order valence-corrected chi connectivity index (χ4v) is 3.86. The van der Waals surface area contributed by atoms with Gasteiger partial charge in [0.05, 0.1) is 38.9 Å². The number of nitrogens with one attached hydrogen (secondary N) is 1. The van der Waals surface area contributed by atoms with Crippen LogP contribution in [-0.2, 0) is 16.0 Å². The molecule has 1 N–H and O–H groups in total. The Hall–Kier alpha value is -4.31. The number of methoxy groups -OCH3 is 3. The van der Waals surface area contributed by atoms with Crippen LogP contribution in [0.15, 0.2) is 66.7 Å². The molecule has 3 rings (SSSR count). The number of esters is 1. The fourth-order valence-electron chi connectivity index (χ4n) is 3.86. The number of nitriles is 1. The van der Waals surface area contributed by atoms with Crippen LogP contribution >= 0.6 is 0 Å². The molecule has 180 valence electrons. The van der Waals surface area contributed by atoms with E-state index in [1.165, 1.54) is 7.11 Å². The first-order valence-electron chi connectivity index (χ1n) is 11.1. The summed E-state index contributed by atoms with van der Waals surface area (Å²) < 4.78 is 15.6. The molecule has 0 aliphatic rings. The largest absolute Gasteiger partial charge is 0.493 e. The van der Waals surface area contributed by atoms with Crippen molar-refractivity contribution in [1.29, 1.82) is 5.26 Å². The normalized spacial score (nSPS) is 12.1. The topological polar surface area (TPSA) is 97.7 Å². The zero-order chi connectivity index (χ0) is 25.4. The van der Waals surface area contributed by atoms with Crippen molar-refractivity contribution in [1.82, 2.24) is 5.32 Å². The summed E-state index contributed by atoms with van der Waals surface area (Å²) in [7, 11) is 4.49. The van der Waals surface area contributed by atoms with Gasteiger partial charge in [-0.2, -0.15) is 5.26 Å². The minimum atomic E-state index is -0.607. The number of hydrogen-bond donors (Lipinski definition) is 1. The molecule has 0 heterocycles. The zero-order valence-electron chi connectivity index (χ0n) is 20.2. The number of nitrogens with zero attached hydrogens (tertiary/aromatic N) is 1. The van der Waals surface area contributed by atoms with Crippen LogP contribution in [0.2, 0.25) is 0 Å². The number of ether oxygens (including phenoxy) is 3. The molecule has 3 aromatic carbocycles. The van der Waals surface area contributed by atoms with Gasteiger partial charge in [0.2, 0.25) is 0 Å². The van der Waals surface area contributed by atoms with Gasteiger partial charge in [-0.1, -0.05) is 30.3 Å². The molecule has 3 aromatic rings. The number of benzene rings is 3. The maximum absolute atomic E-state index is 12.9. The van der Waals surface area contributed by atoms with Gasteiger partial charge in [0.25, 0.3) is 5.91 Å². The lowest BCUT2D eigenvalue weighted by Crippen LogP contribution is -2.42. The predicted octanol–water partition coefficient (Wildman–Crippen LogP) is 4.39. The van der Waals surface area contributed by atoms with E-state index in [-0.39, 0.29) is 5.91 Å². The van der Waals surface area contributed by atoms with Crippen LogP contribution in [0.25, 0.3) is 11.1 Å². The molecule has 0 radical (unpaired) electrons. The Balaban J connectivity index is 1.73. The van der Waals surface area contributed by atoms with Crippen molar-refractivity contribution in [3.8, 4) is 28.7 Å². The molecule has 0 saturated heterocycles. The van der Waals surface area contributed by atoms with Crippen molar-refractivity contribution in [2.75, 3.05) is 21.3 Å². The second kappa shape index (κ2) is 11.7. The molecule has 0 spiro atoms. The van der Waals surface area contributed by atoms with E-state index in [2.05, 4.69) is 11.4 Å². The van der Waals surface area contributed by atoms with Gasteiger partial charge in [-0.15, -0.1) is 0 Å². The summed E-state index contributed by atoms with van der Waals surface area (Å²) in [5, 5.41) is 12.0. The van der Waals surface area contributed by atoms with Crippen molar-refractivity contribution < 1.29 is 23.8 Å². The van der Waals surface area contributed by atoms with Crippen LogP contribution < -0.4 is 14.8 Å². The molecular weight excluding hydrogens is 444 g/mol. The van der Waals surface area contributed by atoms with Gasteiger partial charge in [-0.3, -0.25) is 9.59 Å². The second-order valence-corrected chi connectivity index (χ2v) is 8.06. The first-order chi connectivity index (χ1) is 16.9. The quantitative estimate of drug-likeness (QED) is 0.464. The zero-order valence-corrected chi connectivity index (χ0v) is 20.2. The Labute approximate surface area is 205 Å². The standard InChI is InChI=1S/C28H28N2O5/c1-18(24(28(32)35-4)15-19-6-5-7-20(14-19)17-29)30-27(31)22-10-8-21(9-11-22)23-12-13-25(33-2)26(16-23)34-3/h5-14,16,18,24H,15H2,1-4H3,(H,30,31)/t18-,24-/m1/s1. The molecule has 0 aliphatic heterocycles. The molecule has 35 heavy (non-hydrogen) atoms. The summed E-state index contributed by atoms with van der Waals surface area (Å²) in [6.45, 7) is 1.77. The lowest BCUT2D eigenvalue weighted by Gasteiger charge is -2.23. The van der Waals surface area contributed by atoms with E-state index in [4.69, 9.17) is 19.5 Å². The smallest absolute Gasteiger partial charge is 0.311 e. The first kappa shape index (κ1) is 25.3. The number of carbonyl (C=O) groups is 2. The van der Waals surface area contributed by atoms with Crippen LogP contribution in [0.3, 0.4) is 0 Å². The summed E-state index contributed by atoms with van der Waals surface area (Å²) in [5.74, 6) is -0.0699. The molecule has 0 aliphatic carbocycles. The fraction of sp³-hybridized carbons (Fsp3) is 0.250. The minimum Gasteiger partial charge on any atom is -0.493 e. The monoisotopic (exact) mass is 472 g/mol. The third-order valence-corrected chi connectivity index (χ3v) is 5.84. The van der Waals surface area contributed by atoms with Crippen LogP contribution in [0, 0.1) is 17.2 Å². The average Bonchev–Trinajstić information content (AvgIpc) is 2.90. The summed E-state index contributed by atoms with van der Waals surface area (Å²) >= 11 is 0. The summed E-state index contributed by atoms with van der Waals surface area (Å²) in [6.07, 6.45) is 0.335. The third-order valence-electron chi connectivity index (χ3n) is 5.84. The van der Waals surface area contributed by atoms with Gasteiger partial charge in [0, 0.05) is 11.6 Å². The molecule has 0 aromatic heterocycles. The summed E-state index contributed by atoms with van der Waals surface area (Å²) in [5.41, 5.74) is 3.64. The second-order valence-electron chi connectivity index (χ2n) is 8.06. The minimum absolute atomic E-state index is 0.295. The highest BCUT2D eigenvalue weighted by atomic mass is 16.5. The van der Waals surface area contributed by atoms with Crippen molar-refractivity contribution in [2.45, 2.75) is 19.4 Å². The predicted molar refractivity (Wildman–Crippen MR) is 132 cm³/mol. The number of rotatable bonds is 9. The number of amides is 1. The van der Waals surface area contributed by atoms with E-state index < -0.39 is 17.9 Å². The van der Waals surface area contributed by atoms with Crippen LogP contribution in [0.5, 0.6) is 11.5 Å². The van der Waals surface area contributed by atoms with Gasteiger partial charge in [-0.25, -0.2) is 0 Å². The molecule has 7 nitrogen and oxygen atoms in total. The van der Waals surface area contributed by atoms with Crippen LogP contribution in [0.1, 0.15) is 28.4 Å². The van der Waals surface area contributed by atoms with E-state index in [0.29, 0.717) is 29.0 Å². The van der Waals surface area contributed by atoms with E-state index in [1.807, 2.05) is 36.4 Å². The van der Waals surface area contributed by atoms with E-state index in [0.717, 1.165) is 16.7 Å². The molecule has 0 bridgehead atoms. The van der Waals surface area contributed by atoms with Gasteiger partial charge in [0.15, 0.2) is 11.5 Å². The number of carbonyl (C=O) groups excluding carboxylic acids is 2. The van der Waals surface area contributed by atoms with Crippen LogP contribution in [-0.4, -0.2) is 39.2 Å². The van der Waals surface area contributed by atoms with Crippen molar-refractivity contribution in [3.63, 3.8) is 0 Å². The first-order valence-corrected chi connectivity index (χ1v) is 11.1. The van der Waals surface area contributed by atoms with Crippen LogP contribution in [0.4, 0.5) is 0 Å². The maximum atomic E-state index is 12.9. The molecular formula is C28H28N2O5. The van der Waals surface area contributed by atoms with Gasteiger partial charge < -0.3 is 19.5 Å². The van der Waals surface area contributed by atoms with Crippen molar-refractivity contribution in [2.24, 2.45) is 5.92 Å². The van der Waals surface area contributed by atoms with E-state index in [1.54, 1.807) is 51.5 Å². The van der Waals surface area contributed by atoms with Gasteiger partial charge >= 0.3 is 5.97 Å². The Bertz CT molecular complexity index is 1230. The summed E-state index contributed by atoms with van der Waals surface area (Å²) in [4.78, 5) is 25.4. The Morgan fingerprint density at radius 3 is 2.23 bits per heavy atom. The molecule has 0 unspecified atom stereocenters. The SMILES string of the molecule is COC(=O)[C@H](Cc1cccc(C#N)c1)[C@@H](C)NC(=O)c1ccc(-c2ccc(OC)c(OC)c2)cc1. The molecule has 7 heteroatoms. The van der Waals surface area contributed by atoms with E-state index >= 15 is 0 Å². The maximum Gasteiger partial charge on any atom is 0.311 e. The lowest BCUT2D eigenvalue weighted by molar-refractivity contribution is -0.146. The Morgan fingerprint density at radius 2 is 1.60 bits per heavy atom. The lowest BCUT2D eigenvalue weighted by atomic mass is 9.92. The van der Waals surface area contributed by atoms with E-state index in [9.17, 15) is 9.59 Å². The highest BCUT2D eigenvalue weighted by molar-refractivity contribution is 5.95. The molecule has 0 fully saturated rings. The van der Waals surface area contributed by atoms with Gasteiger partial charge in [-0.05, 0) is 66.4 Å². The molecule has 0 saturated carbocycles. The summed E-state index contributed by atoms with van der Waals surface area (Å²) in [6, 6.07) is 21.4. The van der Waals surface area contributed by atoms with Gasteiger partial charge in [0.1, 0.15) is 0 Å². The molecule has 1 amide bonds. The Kier molecular flexibility index (Phi) is 8.47. The van der Waals surface area contributed by atoms with Crippen molar-refractivity contribution >= 4 is 11.9 Å². The number of hydrogen-bond acceptors (Lipinski definition) is 6.